The molecule has 4 nitrogen and oxygen atoms in total. The third-order valence-electron chi connectivity index (χ3n) is 2.84. The van der Waals surface area contributed by atoms with Crippen LogP contribution in [0.4, 0.5) is 13.2 Å². The van der Waals surface area contributed by atoms with E-state index < -0.39 is 24.1 Å². The van der Waals surface area contributed by atoms with Crippen molar-refractivity contribution in [2.45, 2.75) is 44.3 Å². The molecule has 0 bridgehead atoms. The van der Waals surface area contributed by atoms with Gasteiger partial charge in [0.25, 0.3) is 0 Å². The summed E-state index contributed by atoms with van der Waals surface area (Å²) in [5, 5.41) is 10.5. The zero-order valence-corrected chi connectivity index (χ0v) is 9.09. The fourth-order valence-electron chi connectivity index (χ4n) is 2.12. The van der Waals surface area contributed by atoms with Gasteiger partial charge >= 0.3 is 18.1 Å². The van der Waals surface area contributed by atoms with Crippen LogP contribution in [0.15, 0.2) is 0 Å². The minimum atomic E-state index is -4.88. The Morgan fingerprint density at radius 1 is 1.29 bits per heavy atom. The summed E-state index contributed by atoms with van der Waals surface area (Å²) in [6.45, 7) is 0. The zero-order chi connectivity index (χ0) is 13.1. The van der Waals surface area contributed by atoms with E-state index in [1.807, 2.05) is 5.32 Å². The molecule has 0 aromatic carbocycles. The lowest BCUT2D eigenvalue weighted by Gasteiger charge is -2.29. The summed E-state index contributed by atoms with van der Waals surface area (Å²) in [7, 11) is 0. The predicted octanol–water partition coefficient (Wildman–Crippen LogP) is 1.70. The summed E-state index contributed by atoms with van der Waals surface area (Å²) in [4.78, 5) is 21.2. The average molecular weight is 253 g/mol. The molecule has 1 fully saturated rings. The summed E-state index contributed by atoms with van der Waals surface area (Å²) in [6.07, 6.45) is -2.84. The number of carbonyl (C=O) groups is 2. The van der Waals surface area contributed by atoms with E-state index in [0.717, 1.165) is 0 Å². The fraction of sp³-hybridized carbons (Fsp3) is 0.800. The Morgan fingerprint density at radius 2 is 1.94 bits per heavy atom. The molecule has 1 saturated carbocycles. The van der Waals surface area contributed by atoms with Crippen LogP contribution in [0.1, 0.15) is 32.1 Å². The first-order chi connectivity index (χ1) is 7.79. The predicted molar refractivity (Wildman–Crippen MR) is 52.2 cm³/mol. The van der Waals surface area contributed by atoms with Crippen molar-refractivity contribution in [2.75, 3.05) is 0 Å². The molecule has 0 saturated heterocycles. The zero-order valence-electron chi connectivity index (χ0n) is 9.09. The first-order valence-corrected chi connectivity index (χ1v) is 5.38. The van der Waals surface area contributed by atoms with E-state index in [-0.39, 0.29) is 12.3 Å². The van der Waals surface area contributed by atoms with Crippen LogP contribution in [-0.2, 0) is 9.59 Å². The van der Waals surface area contributed by atoms with Crippen molar-refractivity contribution in [3.63, 3.8) is 0 Å². The number of carboxylic acid groups (broad SMARTS) is 1. The van der Waals surface area contributed by atoms with Crippen LogP contribution in [0.25, 0.3) is 0 Å². The quantitative estimate of drug-likeness (QED) is 0.804. The van der Waals surface area contributed by atoms with Crippen LogP contribution in [0.3, 0.4) is 0 Å². The van der Waals surface area contributed by atoms with Crippen molar-refractivity contribution < 1.29 is 27.9 Å². The summed E-state index contributed by atoms with van der Waals surface area (Å²) >= 11 is 0. The molecule has 1 amide bonds. The fourth-order valence-corrected chi connectivity index (χ4v) is 2.12. The second-order valence-corrected chi connectivity index (χ2v) is 4.30. The number of carbonyl (C=O) groups excluding carboxylic acids is 1. The number of carboxylic acids is 1. The van der Waals surface area contributed by atoms with Gasteiger partial charge in [0.15, 0.2) is 0 Å². The van der Waals surface area contributed by atoms with Gasteiger partial charge in [0, 0.05) is 12.5 Å². The summed E-state index contributed by atoms with van der Waals surface area (Å²) in [5.74, 6) is -3.06. The standard InChI is InChI=1S/C10H14F3NO3/c11-10(12,13)9(17)14-7-3-1-2-6(4-7)5-8(15)16/h6-7H,1-5H2,(H,14,17)(H,15,16). The lowest BCUT2D eigenvalue weighted by Crippen LogP contribution is -2.45. The largest absolute Gasteiger partial charge is 0.481 e. The minimum Gasteiger partial charge on any atom is -0.481 e. The Bertz CT molecular complexity index is 304. The molecule has 2 unspecified atom stereocenters. The Balaban J connectivity index is 2.45. The molecule has 7 heteroatoms. The molecule has 0 radical (unpaired) electrons. The molecule has 1 rings (SSSR count). The van der Waals surface area contributed by atoms with E-state index in [0.29, 0.717) is 25.7 Å². The van der Waals surface area contributed by atoms with Gasteiger partial charge in [-0.25, -0.2) is 0 Å². The SMILES string of the molecule is O=C(O)CC1CCCC(NC(=O)C(F)(F)F)C1. The van der Waals surface area contributed by atoms with Crippen LogP contribution >= 0.6 is 0 Å². The number of nitrogens with one attached hydrogen (secondary N) is 1. The molecular formula is C10H14F3NO3. The molecule has 2 atom stereocenters. The molecule has 0 heterocycles. The molecular weight excluding hydrogens is 239 g/mol. The molecule has 0 spiro atoms. The molecule has 0 aromatic heterocycles. The number of alkyl halides is 3. The van der Waals surface area contributed by atoms with Crippen LogP contribution in [0.5, 0.6) is 0 Å². The van der Waals surface area contributed by atoms with E-state index in [4.69, 9.17) is 5.11 Å². The summed E-state index contributed by atoms with van der Waals surface area (Å²) in [5.41, 5.74) is 0. The average Bonchev–Trinajstić information content (AvgIpc) is 2.15. The molecule has 1 aliphatic rings. The first-order valence-electron chi connectivity index (χ1n) is 5.38. The van der Waals surface area contributed by atoms with Crippen molar-refractivity contribution in [1.82, 2.24) is 5.32 Å². The number of hydrogen-bond acceptors (Lipinski definition) is 2. The van der Waals surface area contributed by atoms with E-state index in [9.17, 15) is 22.8 Å². The minimum absolute atomic E-state index is 0.0572. The highest BCUT2D eigenvalue weighted by Gasteiger charge is 2.40. The maximum Gasteiger partial charge on any atom is 0.471 e. The molecule has 0 aliphatic heterocycles. The van der Waals surface area contributed by atoms with Crippen molar-refractivity contribution in [2.24, 2.45) is 5.92 Å². The highest BCUT2D eigenvalue weighted by molar-refractivity contribution is 5.81. The highest BCUT2D eigenvalue weighted by atomic mass is 19.4. The van der Waals surface area contributed by atoms with Crippen molar-refractivity contribution in [1.29, 1.82) is 0 Å². The number of halogens is 3. The van der Waals surface area contributed by atoms with E-state index in [2.05, 4.69) is 0 Å². The Morgan fingerprint density at radius 3 is 2.47 bits per heavy atom. The highest BCUT2D eigenvalue weighted by Crippen LogP contribution is 2.27. The third-order valence-corrected chi connectivity index (χ3v) is 2.84. The van der Waals surface area contributed by atoms with Crippen molar-refractivity contribution >= 4 is 11.9 Å². The lowest BCUT2D eigenvalue weighted by molar-refractivity contribution is -0.174. The number of hydrogen-bond donors (Lipinski definition) is 2. The number of amides is 1. The molecule has 17 heavy (non-hydrogen) atoms. The van der Waals surface area contributed by atoms with Crippen molar-refractivity contribution in [3.8, 4) is 0 Å². The van der Waals surface area contributed by atoms with Crippen LogP contribution in [0.2, 0.25) is 0 Å². The summed E-state index contributed by atoms with van der Waals surface area (Å²) in [6, 6.07) is -0.567. The molecule has 0 aromatic rings. The van der Waals surface area contributed by atoms with E-state index in [1.54, 1.807) is 0 Å². The number of rotatable bonds is 3. The second-order valence-electron chi connectivity index (χ2n) is 4.30. The van der Waals surface area contributed by atoms with Crippen LogP contribution < -0.4 is 5.32 Å². The smallest absolute Gasteiger partial charge is 0.471 e. The maximum absolute atomic E-state index is 12.0. The van der Waals surface area contributed by atoms with Gasteiger partial charge in [0.1, 0.15) is 0 Å². The van der Waals surface area contributed by atoms with Gasteiger partial charge in [-0.1, -0.05) is 6.42 Å². The maximum atomic E-state index is 12.0. The van der Waals surface area contributed by atoms with Gasteiger partial charge < -0.3 is 10.4 Å². The molecule has 2 N–H and O–H groups in total. The van der Waals surface area contributed by atoms with Gasteiger partial charge in [-0.15, -0.1) is 0 Å². The van der Waals surface area contributed by atoms with Gasteiger partial charge in [-0.05, 0) is 25.2 Å². The Labute approximate surface area is 96.2 Å². The lowest BCUT2D eigenvalue weighted by atomic mass is 9.84. The Hall–Kier alpha value is -1.27. The van der Waals surface area contributed by atoms with E-state index in [1.165, 1.54) is 0 Å². The van der Waals surface area contributed by atoms with E-state index >= 15 is 0 Å². The van der Waals surface area contributed by atoms with Gasteiger partial charge in [0.2, 0.25) is 0 Å². The second kappa shape index (κ2) is 5.37. The van der Waals surface area contributed by atoms with Gasteiger partial charge in [-0.2, -0.15) is 13.2 Å². The van der Waals surface area contributed by atoms with Gasteiger partial charge in [0.05, 0.1) is 0 Å². The molecule has 98 valence electrons. The summed E-state index contributed by atoms with van der Waals surface area (Å²) < 4.78 is 36.0. The Kier molecular flexibility index (Phi) is 4.36. The number of aliphatic carboxylic acids is 1. The third kappa shape index (κ3) is 4.62. The topological polar surface area (TPSA) is 66.4 Å². The molecule has 1 aliphatic carbocycles. The normalized spacial score (nSPS) is 25.4. The van der Waals surface area contributed by atoms with Crippen LogP contribution in [-0.4, -0.2) is 29.2 Å². The van der Waals surface area contributed by atoms with Gasteiger partial charge in [-0.3, -0.25) is 9.59 Å². The van der Waals surface area contributed by atoms with Crippen molar-refractivity contribution in [3.05, 3.63) is 0 Å². The van der Waals surface area contributed by atoms with Crippen LogP contribution in [0, 0.1) is 5.92 Å². The first kappa shape index (κ1) is 13.8. The monoisotopic (exact) mass is 253 g/mol.